The van der Waals surface area contributed by atoms with Crippen LogP contribution in [0.2, 0.25) is 0 Å². The van der Waals surface area contributed by atoms with E-state index < -0.39 is 5.97 Å². The van der Waals surface area contributed by atoms with Crippen LogP contribution in [0.1, 0.15) is 47.7 Å². The Bertz CT molecular complexity index is 454. The lowest BCUT2D eigenvalue weighted by Crippen LogP contribution is -2.07. The van der Waals surface area contributed by atoms with E-state index in [1.165, 1.54) is 0 Å². The number of hydrogen-bond donors (Lipinski definition) is 1. The molecule has 0 aliphatic rings. The van der Waals surface area contributed by atoms with Gasteiger partial charge in [0, 0.05) is 18.4 Å². The molecular weight excluding hydrogens is 244 g/mol. The van der Waals surface area contributed by atoms with Crippen molar-refractivity contribution in [1.82, 2.24) is 0 Å². The number of carbonyl (C=O) groups excluding carboxylic acids is 1. The predicted octanol–water partition coefficient (Wildman–Crippen LogP) is 3.14. The number of Topliss-reactive ketones (excluding diaryl/α,β-unsaturated/α-hetero) is 1. The van der Waals surface area contributed by atoms with E-state index >= 15 is 0 Å². The van der Waals surface area contributed by atoms with Crippen LogP contribution in [0.15, 0.2) is 12.1 Å². The molecule has 0 saturated heterocycles. The molecule has 104 valence electrons. The summed E-state index contributed by atoms with van der Waals surface area (Å²) in [5.41, 5.74) is 2.45. The van der Waals surface area contributed by atoms with Crippen LogP contribution in [0.25, 0.3) is 0 Å². The Morgan fingerprint density at radius 1 is 1.16 bits per heavy atom. The molecule has 0 aromatic heterocycles. The number of benzene rings is 1. The van der Waals surface area contributed by atoms with Crippen molar-refractivity contribution < 1.29 is 19.4 Å². The number of aryl methyl sites for hydroxylation is 2. The van der Waals surface area contributed by atoms with Crippen LogP contribution < -0.4 is 4.74 Å². The Morgan fingerprint density at radius 3 is 2.21 bits per heavy atom. The van der Waals surface area contributed by atoms with Gasteiger partial charge in [-0.3, -0.25) is 9.59 Å². The van der Waals surface area contributed by atoms with Crippen molar-refractivity contribution in [3.8, 4) is 5.75 Å². The summed E-state index contributed by atoms with van der Waals surface area (Å²) in [5, 5.41) is 8.57. The van der Waals surface area contributed by atoms with Crippen molar-refractivity contribution in [1.29, 1.82) is 0 Å². The van der Waals surface area contributed by atoms with Gasteiger partial charge < -0.3 is 9.84 Å². The van der Waals surface area contributed by atoms with Crippen molar-refractivity contribution in [3.05, 3.63) is 28.8 Å². The molecule has 1 aromatic carbocycles. The first-order valence-electron chi connectivity index (χ1n) is 6.44. The van der Waals surface area contributed by atoms with Crippen LogP contribution in [0, 0.1) is 13.8 Å². The minimum atomic E-state index is -0.868. The molecule has 0 aliphatic carbocycles. The lowest BCUT2D eigenvalue weighted by atomic mass is 9.96. The highest BCUT2D eigenvalue weighted by atomic mass is 16.5. The van der Waals surface area contributed by atoms with E-state index in [1.54, 1.807) is 0 Å². The number of ether oxygens (including phenoxy) is 1. The molecule has 0 aliphatic heterocycles. The van der Waals surface area contributed by atoms with Gasteiger partial charge in [0.05, 0.1) is 6.61 Å². The van der Waals surface area contributed by atoms with E-state index in [1.807, 2.05) is 32.9 Å². The van der Waals surface area contributed by atoms with E-state index in [9.17, 15) is 9.59 Å². The topological polar surface area (TPSA) is 63.6 Å². The van der Waals surface area contributed by atoms with Crippen molar-refractivity contribution in [2.75, 3.05) is 6.61 Å². The Kier molecular flexibility index (Phi) is 5.55. The minimum Gasteiger partial charge on any atom is -0.494 e. The number of rotatable bonds is 7. The van der Waals surface area contributed by atoms with Gasteiger partial charge in [-0.1, -0.05) is 0 Å². The molecule has 0 unspecified atom stereocenters. The van der Waals surface area contributed by atoms with Gasteiger partial charge in [-0.25, -0.2) is 0 Å². The Labute approximate surface area is 113 Å². The summed E-state index contributed by atoms with van der Waals surface area (Å²) in [7, 11) is 0. The molecule has 4 nitrogen and oxygen atoms in total. The third-order valence-electron chi connectivity index (χ3n) is 2.89. The maximum Gasteiger partial charge on any atom is 0.303 e. The number of hydrogen-bond acceptors (Lipinski definition) is 3. The second-order valence-corrected chi connectivity index (χ2v) is 4.54. The normalized spacial score (nSPS) is 10.3. The summed E-state index contributed by atoms with van der Waals surface area (Å²) in [5.74, 6) is -0.105. The molecule has 0 atom stereocenters. The quantitative estimate of drug-likeness (QED) is 0.768. The lowest BCUT2D eigenvalue weighted by Gasteiger charge is -2.12. The molecule has 0 bridgehead atoms. The maximum atomic E-state index is 12.1. The molecule has 0 radical (unpaired) electrons. The third-order valence-corrected chi connectivity index (χ3v) is 2.89. The highest BCUT2D eigenvalue weighted by Crippen LogP contribution is 2.23. The van der Waals surface area contributed by atoms with E-state index in [0.29, 0.717) is 18.6 Å². The molecule has 1 rings (SSSR count). The number of aliphatic carboxylic acids is 1. The molecule has 19 heavy (non-hydrogen) atoms. The van der Waals surface area contributed by atoms with Gasteiger partial charge in [-0.2, -0.15) is 0 Å². The fourth-order valence-electron chi connectivity index (χ4n) is 2.14. The number of carbonyl (C=O) groups is 2. The average Bonchev–Trinajstić information content (AvgIpc) is 2.27. The molecule has 4 heteroatoms. The van der Waals surface area contributed by atoms with Crippen molar-refractivity contribution in [3.63, 3.8) is 0 Å². The molecule has 1 N–H and O–H groups in total. The standard InChI is InChI=1S/C15H20O4/c1-4-19-12-8-10(2)15(11(3)9-12)13(16)6-5-7-14(17)18/h8-9H,4-7H2,1-3H3,(H,17,18). The van der Waals surface area contributed by atoms with Crippen LogP contribution in [0.5, 0.6) is 5.75 Å². The number of carboxylic acid groups (broad SMARTS) is 1. The zero-order valence-corrected chi connectivity index (χ0v) is 11.7. The number of carboxylic acids is 1. The fourth-order valence-corrected chi connectivity index (χ4v) is 2.14. The van der Waals surface area contributed by atoms with Crippen molar-refractivity contribution in [2.24, 2.45) is 0 Å². The van der Waals surface area contributed by atoms with Crippen LogP contribution in [0.4, 0.5) is 0 Å². The third kappa shape index (κ3) is 4.39. The Balaban J connectivity index is 2.82. The van der Waals surface area contributed by atoms with Crippen LogP contribution in [-0.2, 0) is 4.79 Å². The molecular formula is C15H20O4. The molecule has 0 spiro atoms. The summed E-state index contributed by atoms with van der Waals surface area (Å²) in [4.78, 5) is 22.5. The first kappa shape index (κ1) is 15.2. The van der Waals surface area contributed by atoms with E-state index in [2.05, 4.69) is 0 Å². The molecule has 1 aromatic rings. The second-order valence-electron chi connectivity index (χ2n) is 4.54. The molecule has 0 heterocycles. The number of ketones is 1. The lowest BCUT2D eigenvalue weighted by molar-refractivity contribution is -0.137. The molecule has 0 amide bonds. The minimum absolute atomic E-state index is 0.000650. The van der Waals surface area contributed by atoms with Gasteiger partial charge in [0.15, 0.2) is 5.78 Å². The van der Waals surface area contributed by atoms with E-state index in [4.69, 9.17) is 9.84 Å². The SMILES string of the molecule is CCOc1cc(C)c(C(=O)CCCC(=O)O)c(C)c1. The van der Waals surface area contributed by atoms with Crippen molar-refractivity contribution in [2.45, 2.75) is 40.0 Å². The highest BCUT2D eigenvalue weighted by molar-refractivity contribution is 5.99. The highest BCUT2D eigenvalue weighted by Gasteiger charge is 2.14. The first-order chi connectivity index (χ1) is 8.95. The summed E-state index contributed by atoms with van der Waals surface area (Å²) in [6.07, 6.45) is 0.670. The zero-order chi connectivity index (χ0) is 14.4. The monoisotopic (exact) mass is 264 g/mol. The van der Waals surface area contributed by atoms with Gasteiger partial charge in [0.25, 0.3) is 0 Å². The summed E-state index contributed by atoms with van der Waals surface area (Å²) in [6.45, 7) is 6.25. The Morgan fingerprint density at radius 2 is 1.74 bits per heavy atom. The second kappa shape index (κ2) is 6.92. The molecule has 0 fully saturated rings. The summed E-state index contributed by atoms with van der Waals surface area (Å²) >= 11 is 0. The fraction of sp³-hybridized carbons (Fsp3) is 0.467. The zero-order valence-electron chi connectivity index (χ0n) is 11.7. The van der Waals surface area contributed by atoms with E-state index in [0.717, 1.165) is 16.9 Å². The van der Waals surface area contributed by atoms with Gasteiger partial charge in [0.1, 0.15) is 5.75 Å². The summed E-state index contributed by atoms with van der Waals surface area (Å²) < 4.78 is 5.43. The van der Waals surface area contributed by atoms with Crippen LogP contribution in [0.3, 0.4) is 0 Å². The average molecular weight is 264 g/mol. The van der Waals surface area contributed by atoms with Crippen LogP contribution in [-0.4, -0.2) is 23.5 Å². The van der Waals surface area contributed by atoms with Gasteiger partial charge in [0.2, 0.25) is 0 Å². The maximum absolute atomic E-state index is 12.1. The van der Waals surface area contributed by atoms with Gasteiger partial charge in [-0.15, -0.1) is 0 Å². The van der Waals surface area contributed by atoms with E-state index in [-0.39, 0.29) is 18.6 Å². The van der Waals surface area contributed by atoms with Gasteiger partial charge in [-0.05, 0) is 50.5 Å². The smallest absolute Gasteiger partial charge is 0.303 e. The summed E-state index contributed by atoms with van der Waals surface area (Å²) in [6, 6.07) is 3.70. The Hall–Kier alpha value is -1.84. The first-order valence-corrected chi connectivity index (χ1v) is 6.44. The van der Waals surface area contributed by atoms with Crippen molar-refractivity contribution >= 4 is 11.8 Å². The predicted molar refractivity (Wildman–Crippen MR) is 72.9 cm³/mol. The largest absolute Gasteiger partial charge is 0.494 e. The van der Waals surface area contributed by atoms with Gasteiger partial charge >= 0.3 is 5.97 Å². The molecule has 0 saturated carbocycles. The van der Waals surface area contributed by atoms with Crippen LogP contribution >= 0.6 is 0 Å².